The maximum Gasteiger partial charge on any atom is 0.253 e. The molecule has 2 aromatic carbocycles. The Labute approximate surface area is 314 Å². The van der Waals surface area contributed by atoms with Gasteiger partial charge in [-0.2, -0.15) is 0 Å². The SMILES string of the molecule is CCCn1cc(-c2cc(F)c(CCN3CCC(OC4CCN(C(=O)c5ccc(OC)c(CCN6CCCCC6)c5)CC4)CC3)c(F)c2)c(C)c(C)c1=O. The Kier molecular flexibility index (Phi) is 13.4. The largest absolute Gasteiger partial charge is 0.496 e. The van der Waals surface area contributed by atoms with Gasteiger partial charge in [-0.05, 0) is 132 Å². The summed E-state index contributed by atoms with van der Waals surface area (Å²) in [6, 6.07) is 8.67. The molecule has 1 aromatic heterocycles. The van der Waals surface area contributed by atoms with Crippen molar-refractivity contribution >= 4 is 5.91 Å². The van der Waals surface area contributed by atoms with E-state index in [0.29, 0.717) is 42.9 Å². The van der Waals surface area contributed by atoms with Gasteiger partial charge in [-0.25, -0.2) is 8.78 Å². The fourth-order valence-electron chi connectivity index (χ4n) is 8.34. The number of piperidine rings is 3. The molecule has 10 heteroatoms. The summed E-state index contributed by atoms with van der Waals surface area (Å²) < 4.78 is 44.5. The van der Waals surface area contributed by atoms with Crippen molar-refractivity contribution < 1.29 is 23.0 Å². The van der Waals surface area contributed by atoms with Gasteiger partial charge in [0, 0.05) is 74.3 Å². The van der Waals surface area contributed by atoms with E-state index in [-0.39, 0.29) is 35.7 Å². The molecule has 3 aliphatic rings. The van der Waals surface area contributed by atoms with Crippen molar-refractivity contribution in [2.24, 2.45) is 0 Å². The quantitative estimate of drug-likeness (QED) is 0.186. The van der Waals surface area contributed by atoms with Gasteiger partial charge in [0.25, 0.3) is 11.5 Å². The summed E-state index contributed by atoms with van der Waals surface area (Å²) in [5.74, 6) is -0.174. The van der Waals surface area contributed by atoms with Crippen molar-refractivity contribution in [3.05, 3.63) is 86.3 Å². The van der Waals surface area contributed by atoms with Crippen molar-refractivity contribution in [3.8, 4) is 16.9 Å². The van der Waals surface area contributed by atoms with Crippen molar-refractivity contribution in [2.75, 3.05) is 59.5 Å². The van der Waals surface area contributed by atoms with Crippen LogP contribution in [-0.4, -0.2) is 96.8 Å². The number of nitrogens with zero attached hydrogens (tertiary/aromatic N) is 4. The first-order valence-corrected chi connectivity index (χ1v) is 19.9. The van der Waals surface area contributed by atoms with E-state index in [1.54, 1.807) is 24.8 Å². The molecule has 0 N–H and O–H groups in total. The molecule has 0 aliphatic carbocycles. The van der Waals surface area contributed by atoms with Crippen LogP contribution < -0.4 is 10.3 Å². The van der Waals surface area contributed by atoms with Gasteiger partial charge >= 0.3 is 0 Å². The van der Waals surface area contributed by atoms with E-state index in [1.807, 2.05) is 36.9 Å². The molecule has 0 spiro atoms. The number of carbonyl (C=O) groups is 1. The van der Waals surface area contributed by atoms with Crippen molar-refractivity contribution in [3.63, 3.8) is 0 Å². The summed E-state index contributed by atoms with van der Waals surface area (Å²) in [6.07, 6.45) is 11.2. The molecule has 3 fully saturated rings. The first-order chi connectivity index (χ1) is 25.6. The summed E-state index contributed by atoms with van der Waals surface area (Å²) in [6.45, 7) is 13.0. The number of benzene rings is 2. The number of ether oxygens (including phenoxy) is 2. The summed E-state index contributed by atoms with van der Waals surface area (Å²) in [5, 5.41) is 0. The number of halogens is 2. The number of likely N-dealkylation sites (tertiary alicyclic amines) is 3. The number of pyridine rings is 1. The number of hydrogen-bond acceptors (Lipinski definition) is 6. The zero-order valence-corrected chi connectivity index (χ0v) is 32.2. The minimum atomic E-state index is -0.548. The molecular formula is C43H58F2N4O4. The summed E-state index contributed by atoms with van der Waals surface area (Å²) in [4.78, 5) is 32.9. The number of amides is 1. The van der Waals surface area contributed by atoms with Crippen LogP contribution >= 0.6 is 0 Å². The molecule has 0 unspecified atom stereocenters. The molecule has 53 heavy (non-hydrogen) atoms. The Balaban J connectivity index is 0.952. The van der Waals surface area contributed by atoms with Gasteiger partial charge in [0.05, 0.1) is 19.3 Å². The van der Waals surface area contributed by atoms with Crippen LogP contribution in [0.3, 0.4) is 0 Å². The fourth-order valence-corrected chi connectivity index (χ4v) is 8.34. The molecule has 0 bridgehead atoms. The van der Waals surface area contributed by atoms with Crippen LogP contribution in [0, 0.1) is 25.5 Å². The molecule has 4 heterocycles. The van der Waals surface area contributed by atoms with E-state index >= 15 is 8.78 Å². The van der Waals surface area contributed by atoms with Gasteiger partial charge in [-0.1, -0.05) is 13.3 Å². The number of aromatic nitrogens is 1. The van der Waals surface area contributed by atoms with Crippen LogP contribution in [-0.2, 0) is 24.1 Å². The van der Waals surface area contributed by atoms with Gasteiger partial charge < -0.3 is 28.7 Å². The molecular weight excluding hydrogens is 674 g/mol. The average molecular weight is 733 g/mol. The van der Waals surface area contributed by atoms with Crippen molar-refractivity contribution in [1.82, 2.24) is 19.3 Å². The van der Waals surface area contributed by atoms with Crippen LogP contribution in [0.15, 0.2) is 41.3 Å². The minimum Gasteiger partial charge on any atom is -0.496 e. The van der Waals surface area contributed by atoms with Crippen LogP contribution in [0.2, 0.25) is 0 Å². The Morgan fingerprint density at radius 2 is 1.42 bits per heavy atom. The molecule has 3 aromatic rings. The number of rotatable bonds is 13. The lowest BCUT2D eigenvalue weighted by molar-refractivity contribution is -0.0620. The van der Waals surface area contributed by atoms with Crippen LogP contribution in [0.25, 0.3) is 11.1 Å². The van der Waals surface area contributed by atoms with E-state index in [0.717, 1.165) is 93.7 Å². The maximum atomic E-state index is 15.4. The monoisotopic (exact) mass is 732 g/mol. The van der Waals surface area contributed by atoms with Crippen LogP contribution in [0.1, 0.15) is 90.9 Å². The highest BCUT2D eigenvalue weighted by atomic mass is 19.1. The highest BCUT2D eigenvalue weighted by Gasteiger charge is 2.29. The number of aryl methyl sites for hydroxylation is 1. The number of methoxy groups -OCH3 is 1. The topological polar surface area (TPSA) is 67.2 Å². The number of carbonyl (C=O) groups excluding carboxylic acids is 1. The van der Waals surface area contributed by atoms with Gasteiger partial charge in [-0.15, -0.1) is 0 Å². The second-order valence-electron chi connectivity index (χ2n) is 15.3. The molecule has 0 radical (unpaired) electrons. The Hall–Kier alpha value is -3.60. The summed E-state index contributed by atoms with van der Waals surface area (Å²) >= 11 is 0. The van der Waals surface area contributed by atoms with Gasteiger partial charge in [0.1, 0.15) is 17.4 Å². The second-order valence-corrected chi connectivity index (χ2v) is 15.3. The molecule has 0 atom stereocenters. The van der Waals surface area contributed by atoms with Crippen LogP contribution in [0.4, 0.5) is 8.78 Å². The predicted molar refractivity (Wildman–Crippen MR) is 206 cm³/mol. The first-order valence-electron chi connectivity index (χ1n) is 19.9. The van der Waals surface area contributed by atoms with Gasteiger partial charge in [0.2, 0.25) is 0 Å². The highest BCUT2D eigenvalue weighted by molar-refractivity contribution is 5.94. The third-order valence-electron chi connectivity index (χ3n) is 11.7. The molecule has 8 nitrogen and oxygen atoms in total. The van der Waals surface area contributed by atoms with E-state index in [2.05, 4.69) is 9.80 Å². The molecule has 3 saturated heterocycles. The lowest BCUT2D eigenvalue weighted by Gasteiger charge is -2.37. The zero-order chi connectivity index (χ0) is 37.5. The van der Waals surface area contributed by atoms with E-state index in [9.17, 15) is 9.59 Å². The molecule has 288 valence electrons. The van der Waals surface area contributed by atoms with Gasteiger partial charge in [-0.3, -0.25) is 9.59 Å². The number of hydrogen-bond donors (Lipinski definition) is 0. The Morgan fingerprint density at radius 1 is 0.792 bits per heavy atom. The highest BCUT2D eigenvalue weighted by Crippen LogP contribution is 2.29. The minimum absolute atomic E-state index is 0.0608. The molecule has 6 rings (SSSR count). The Bertz CT molecular complexity index is 1750. The normalized spacial score (nSPS) is 18.1. The predicted octanol–water partition coefficient (Wildman–Crippen LogP) is 7.19. The summed E-state index contributed by atoms with van der Waals surface area (Å²) in [7, 11) is 1.69. The third kappa shape index (κ3) is 9.56. The standard InChI is InChI=1S/C43H58F2N4O4/c1-5-17-49-29-38(30(2)31(3)42(49)50)34-27-39(44)37(40(45)28-34)16-23-47-21-12-35(13-22-47)53-36-14-24-48(25-15-36)43(51)33-9-10-41(52-4)32(26-33)11-20-46-18-7-6-8-19-46/h9-10,26-29,35-36H,5-8,11-25H2,1-4H3. The first kappa shape index (κ1) is 39.1. The molecule has 3 aliphatic heterocycles. The van der Waals surface area contributed by atoms with E-state index < -0.39 is 11.6 Å². The van der Waals surface area contributed by atoms with Crippen molar-refractivity contribution in [1.29, 1.82) is 0 Å². The lowest BCUT2D eigenvalue weighted by atomic mass is 9.97. The summed E-state index contributed by atoms with van der Waals surface area (Å²) in [5.41, 5.74) is 4.35. The average Bonchev–Trinajstić information content (AvgIpc) is 3.18. The molecule has 1 amide bonds. The van der Waals surface area contributed by atoms with Crippen LogP contribution in [0.5, 0.6) is 5.75 Å². The smallest absolute Gasteiger partial charge is 0.253 e. The van der Waals surface area contributed by atoms with Crippen molar-refractivity contribution in [2.45, 2.75) is 104 Å². The zero-order valence-electron chi connectivity index (χ0n) is 32.2. The maximum absolute atomic E-state index is 15.4. The second kappa shape index (κ2) is 18.2. The fraction of sp³-hybridized carbons (Fsp3) is 0.581. The molecule has 0 saturated carbocycles. The third-order valence-corrected chi connectivity index (χ3v) is 11.7. The van der Waals surface area contributed by atoms with Gasteiger partial charge in [0.15, 0.2) is 0 Å². The van der Waals surface area contributed by atoms with E-state index in [4.69, 9.17) is 9.47 Å². The van der Waals surface area contributed by atoms with E-state index in [1.165, 1.54) is 31.4 Å². The lowest BCUT2D eigenvalue weighted by Crippen LogP contribution is -2.44. The Morgan fingerprint density at radius 3 is 2.06 bits per heavy atom.